The Hall–Kier alpha value is -2.20. The molecule has 10 nitrogen and oxygen atoms in total. The van der Waals surface area contributed by atoms with Crippen LogP contribution in [0.15, 0.2) is 24.5 Å². The molecule has 3 aromatic heterocycles. The van der Waals surface area contributed by atoms with Crippen LogP contribution in [0.2, 0.25) is 5.02 Å². The first-order valence-electron chi connectivity index (χ1n) is 7.88. The molecule has 1 atom stereocenters. The van der Waals surface area contributed by atoms with Crippen LogP contribution in [0.1, 0.15) is 16.5 Å². The molecule has 0 spiro atoms. The predicted octanol–water partition coefficient (Wildman–Crippen LogP) is 1.05. The van der Waals surface area contributed by atoms with Crippen molar-refractivity contribution in [3.63, 3.8) is 0 Å². The summed E-state index contributed by atoms with van der Waals surface area (Å²) in [4.78, 5) is 4.05. The number of aryl methyl sites for hydroxylation is 1. The molecule has 3 rings (SSSR count). The van der Waals surface area contributed by atoms with E-state index in [1.54, 1.807) is 0 Å². The van der Waals surface area contributed by atoms with E-state index in [4.69, 9.17) is 21.9 Å². The number of pyridine rings is 1. The molecule has 0 aliphatic heterocycles. The van der Waals surface area contributed by atoms with Crippen LogP contribution in [-0.2, 0) is 33.3 Å². The minimum atomic E-state index is -5.12. The quantitative estimate of drug-likeness (QED) is 0.549. The van der Waals surface area contributed by atoms with Crippen molar-refractivity contribution in [2.45, 2.75) is 11.4 Å². The van der Waals surface area contributed by atoms with Gasteiger partial charge in [0.1, 0.15) is 16.7 Å². The Morgan fingerprint density at radius 1 is 1.23 bits per heavy atom. The van der Waals surface area contributed by atoms with Gasteiger partial charge in [0.25, 0.3) is 0 Å². The smallest absolute Gasteiger partial charge is 0.285 e. The van der Waals surface area contributed by atoms with Gasteiger partial charge >= 0.3 is 6.18 Å². The molecular weight excluding hydrogens is 473 g/mol. The molecule has 3 heterocycles. The second-order valence-electron chi connectivity index (χ2n) is 6.37. The Balaban J connectivity index is 2.43. The summed E-state index contributed by atoms with van der Waals surface area (Å²) in [5, 5.41) is 11.8. The van der Waals surface area contributed by atoms with Crippen LogP contribution in [0.5, 0.6) is 0 Å². The number of nitrogens with zero attached hydrogens (tertiary/aromatic N) is 4. The Morgan fingerprint density at radius 2 is 1.87 bits per heavy atom. The van der Waals surface area contributed by atoms with Gasteiger partial charge in [0, 0.05) is 30.4 Å². The second kappa shape index (κ2) is 7.19. The third-order valence-electron chi connectivity index (χ3n) is 4.14. The predicted molar refractivity (Wildman–Crippen MR) is 102 cm³/mol. The number of sulfonamides is 2. The van der Waals surface area contributed by atoms with Crippen LogP contribution in [0.4, 0.5) is 13.2 Å². The monoisotopic (exact) mass is 486 g/mol. The van der Waals surface area contributed by atoms with E-state index in [1.807, 2.05) is 0 Å². The zero-order valence-corrected chi connectivity index (χ0v) is 17.4. The third kappa shape index (κ3) is 4.29. The molecule has 0 aliphatic carbocycles. The Morgan fingerprint density at radius 3 is 2.40 bits per heavy atom. The van der Waals surface area contributed by atoms with E-state index in [-0.39, 0.29) is 10.7 Å². The standard InChI is InChI=1S/C14H14ClF3N6O4S2/c1-23-13(24-3-2-7-4-8(15)5-21-12(7)24)10(11(22-23)14(16,17)18)9(30(20,27)28)6-29(19,25)26/h2-5,9H,6H2,1H3,(H2,19,25,26)(H2,20,27,28). The second-order valence-corrected chi connectivity index (χ2v) is 10.2. The van der Waals surface area contributed by atoms with Gasteiger partial charge in [-0.15, -0.1) is 0 Å². The summed E-state index contributed by atoms with van der Waals surface area (Å²) in [5.74, 6) is -1.78. The molecule has 30 heavy (non-hydrogen) atoms. The van der Waals surface area contributed by atoms with Crippen molar-refractivity contribution in [1.29, 1.82) is 0 Å². The van der Waals surface area contributed by atoms with Crippen molar-refractivity contribution in [2.24, 2.45) is 17.3 Å². The number of rotatable bonds is 5. The van der Waals surface area contributed by atoms with Crippen LogP contribution in [0.25, 0.3) is 16.9 Å². The van der Waals surface area contributed by atoms with Crippen molar-refractivity contribution in [3.05, 3.63) is 40.8 Å². The summed E-state index contributed by atoms with van der Waals surface area (Å²) in [6.45, 7) is 0. The molecule has 0 radical (unpaired) electrons. The summed E-state index contributed by atoms with van der Waals surface area (Å²) in [6.07, 6.45) is -2.57. The topological polar surface area (TPSA) is 156 Å². The van der Waals surface area contributed by atoms with Gasteiger partial charge in [0.15, 0.2) is 5.69 Å². The fraction of sp³-hybridized carbons (Fsp3) is 0.286. The lowest BCUT2D eigenvalue weighted by atomic mass is 10.1. The number of halogens is 4. The molecule has 0 saturated heterocycles. The molecule has 0 aliphatic rings. The molecule has 0 amide bonds. The van der Waals surface area contributed by atoms with E-state index >= 15 is 0 Å². The molecule has 4 N–H and O–H groups in total. The molecule has 1 unspecified atom stereocenters. The average Bonchev–Trinajstić information content (AvgIpc) is 3.10. The van der Waals surface area contributed by atoms with E-state index in [2.05, 4.69) is 10.1 Å². The number of hydrogen-bond donors (Lipinski definition) is 2. The van der Waals surface area contributed by atoms with E-state index in [9.17, 15) is 30.0 Å². The first-order valence-corrected chi connectivity index (χ1v) is 11.6. The van der Waals surface area contributed by atoms with Gasteiger partial charge in [-0.05, 0) is 12.1 Å². The summed E-state index contributed by atoms with van der Waals surface area (Å²) in [7, 11) is -8.28. The molecule has 0 saturated carbocycles. The van der Waals surface area contributed by atoms with Crippen molar-refractivity contribution < 1.29 is 30.0 Å². The number of hydrogen-bond acceptors (Lipinski definition) is 6. The molecule has 0 fully saturated rings. The van der Waals surface area contributed by atoms with Crippen LogP contribution < -0.4 is 10.3 Å². The number of nitrogens with two attached hydrogens (primary N) is 2. The Kier molecular flexibility index (Phi) is 5.39. The summed E-state index contributed by atoms with van der Waals surface area (Å²) in [6, 6.07) is 2.96. The lowest BCUT2D eigenvalue weighted by Crippen LogP contribution is -2.32. The fourth-order valence-corrected chi connectivity index (χ4v) is 5.67. The summed E-state index contributed by atoms with van der Waals surface area (Å²) in [5.41, 5.74) is -2.45. The van der Waals surface area contributed by atoms with Gasteiger partial charge in [-0.3, -0.25) is 9.25 Å². The fourth-order valence-electron chi connectivity index (χ4n) is 3.04. The van der Waals surface area contributed by atoms with Gasteiger partial charge < -0.3 is 0 Å². The van der Waals surface area contributed by atoms with E-state index in [0.717, 1.165) is 16.3 Å². The van der Waals surface area contributed by atoms with Gasteiger partial charge in [-0.1, -0.05) is 11.6 Å². The van der Waals surface area contributed by atoms with Crippen LogP contribution in [0, 0.1) is 0 Å². The zero-order valence-electron chi connectivity index (χ0n) is 15.0. The van der Waals surface area contributed by atoms with Crippen molar-refractivity contribution >= 4 is 42.7 Å². The van der Waals surface area contributed by atoms with Crippen molar-refractivity contribution in [3.8, 4) is 5.82 Å². The SMILES string of the molecule is Cn1nc(C(F)(F)F)c(C(CS(N)(=O)=O)S(N)(=O)=O)c1-n1ccc2cc(Cl)cnc21. The van der Waals surface area contributed by atoms with E-state index < -0.39 is 54.3 Å². The minimum absolute atomic E-state index is 0.126. The maximum Gasteiger partial charge on any atom is 0.435 e. The van der Waals surface area contributed by atoms with Crippen LogP contribution >= 0.6 is 11.6 Å². The van der Waals surface area contributed by atoms with Crippen LogP contribution in [0.3, 0.4) is 0 Å². The molecule has 164 valence electrons. The van der Waals surface area contributed by atoms with Crippen molar-refractivity contribution in [1.82, 2.24) is 19.3 Å². The Labute approximate surface area is 173 Å². The molecular formula is C14H14ClF3N6O4S2. The largest absolute Gasteiger partial charge is 0.435 e. The number of fused-ring (bicyclic) bond motifs is 1. The van der Waals surface area contributed by atoms with E-state index in [0.29, 0.717) is 5.39 Å². The van der Waals surface area contributed by atoms with Gasteiger partial charge in [0.2, 0.25) is 20.0 Å². The summed E-state index contributed by atoms with van der Waals surface area (Å²) < 4.78 is 90.4. The highest BCUT2D eigenvalue weighted by atomic mass is 35.5. The first-order chi connectivity index (χ1) is 13.6. The molecule has 3 aromatic rings. The van der Waals surface area contributed by atoms with Gasteiger partial charge in [-0.25, -0.2) is 32.1 Å². The highest BCUT2D eigenvalue weighted by Crippen LogP contribution is 2.40. The lowest BCUT2D eigenvalue weighted by Gasteiger charge is -2.18. The average molecular weight is 487 g/mol. The van der Waals surface area contributed by atoms with Gasteiger partial charge in [0.05, 0.1) is 10.8 Å². The first kappa shape index (κ1) is 22.5. The number of primary sulfonamides is 2. The molecule has 0 bridgehead atoms. The highest BCUT2D eigenvalue weighted by molar-refractivity contribution is 7.93. The number of aromatic nitrogens is 4. The lowest BCUT2D eigenvalue weighted by molar-refractivity contribution is -0.142. The maximum absolute atomic E-state index is 13.7. The third-order valence-corrected chi connectivity index (χ3v) is 6.56. The van der Waals surface area contributed by atoms with Crippen molar-refractivity contribution in [2.75, 3.05) is 5.75 Å². The number of alkyl halides is 3. The summed E-state index contributed by atoms with van der Waals surface area (Å²) >= 11 is 5.87. The maximum atomic E-state index is 13.7. The normalized spacial score (nSPS) is 14.4. The Bertz CT molecular complexity index is 1350. The zero-order chi connectivity index (χ0) is 22.6. The minimum Gasteiger partial charge on any atom is -0.285 e. The van der Waals surface area contributed by atoms with Gasteiger partial charge in [-0.2, -0.15) is 18.3 Å². The highest BCUT2D eigenvalue weighted by Gasteiger charge is 2.45. The van der Waals surface area contributed by atoms with E-state index in [1.165, 1.54) is 24.5 Å². The van der Waals surface area contributed by atoms with Crippen LogP contribution in [-0.4, -0.2) is 41.9 Å². The molecule has 0 aromatic carbocycles. The molecule has 16 heteroatoms.